The molecule has 0 aromatic carbocycles. The first-order chi connectivity index (χ1) is 8.93. The summed E-state index contributed by atoms with van der Waals surface area (Å²) in [5.74, 6) is -1.58. The van der Waals surface area contributed by atoms with Crippen molar-refractivity contribution in [3.8, 4) is 0 Å². The summed E-state index contributed by atoms with van der Waals surface area (Å²) in [7, 11) is 1.55. The number of aromatic carboxylic acids is 1. The summed E-state index contributed by atoms with van der Waals surface area (Å²) in [6.07, 6.45) is 1.96. The minimum atomic E-state index is -1.16. The Morgan fingerprint density at radius 1 is 1.30 bits per heavy atom. The fourth-order valence-electron chi connectivity index (χ4n) is 2.60. The number of carboxylic acids is 1. The second-order valence-corrected chi connectivity index (χ2v) is 6.91. The van der Waals surface area contributed by atoms with E-state index in [1.54, 1.807) is 7.05 Å². The summed E-state index contributed by atoms with van der Waals surface area (Å²) in [6.45, 7) is 10.1. The van der Waals surface area contributed by atoms with E-state index in [4.69, 9.17) is 5.11 Å². The van der Waals surface area contributed by atoms with Crippen LogP contribution in [0.3, 0.4) is 0 Å². The third-order valence-corrected chi connectivity index (χ3v) is 2.81. The molecule has 0 aliphatic rings. The van der Waals surface area contributed by atoms with Crippen LogP contribution in [0.4, 0.5) is 0 Å². The average Bonchev–Trinajstić information content (AvgIpc) is 2.54. The molecule has 0 unspecified atom stereocenters. The molecule has 1 heterocycles. The minimum Gasteiger partial charge on any atom is -0.478 e. The van der Waals surface area contributed by atoms with Gasteiger partial charge in [0.25, 0.3) is 5.91 Å². The monoisotopic (exact) mass is 281 g/mol. The molecular formula is C14H23N3O3. The molecule has 0 aliphatic heterocycles. The van der Waals surface area contributed by atoms with Crippen molar-refractivity contribution < 1.29 is 14.7 Å². The van der Waals surface area contributed by atoms with E-state index in [2.05, 4.69) is 31.2 Å². The standard InChI is InChI=1S/C14H23N3O3/c1-13(2,3)8-14(4,5)16-11(18)10-9(12(19)20)7-15-17(10)6/h7H,8H2,1-6H3,(H,16,18)(H,19,20). The predicted octanol–water partition coefficient (Wildman–Crippen LogP) is 2.06. The van der Waals surface area contributed by atoms with Crippen LogP contribution in [0.15, 0.2) is 6.20 Å². The number of carboxylic acid groups (broad SMARTS) is 1. The maximum Gasteiger partial charge on any atom is 0.339 e. The predicted molar refractivity (Wildman–Crippen MR) is 75.8 cm³/mol. The molecule has 0 fully saturated rings. The van der Waals surface area contributed by atoms with E-state index in [1.807, 2.05) is 13.8 Å². The van der Waals surface area contributed by atoms with E-state index in [1.165, 1.54) is 10.9 Å². The van der Waals surface area contributed by atoms with E-state index in [0.29, 0.717) is 0 Å². The second-order valence-electron chi connectivity index (χ2n) is 6.91. The van der Waals surface area contributed by atoms with Crippen LogP contribution in [-0.2, 0) is 7.05 Å². The van der Waals surface area contributed by atoms with Gasteiger partial charge in [0.1, 0.15) is 11.3 Å². The number of hydrogen-bond acceptors (Lipinski definition) is 3. The van der Waals surface area contributed by atoms with Crippen LogP contribution in [0.2, 0.25) is 0 Å². The average molecular weight is 281 g/mol. The zero-order valence-electron chi connectivity index (χ0n) is 12.9. The number of carbonyl (C=O) groups excluding carboxylic acids is 1. The molecule has 112 valence electrons. The van der Waals surface area contributed by atoms with E-state index in [-0.39, 0.29) is 16.7 Å². The molecule has 0 saturated heterocycles. The van der Waals surface area contributed by atoms with Gasteiger partial charge in [-0.05, 0) is 25.7 Å². The summed E-state index contributed by atoms with van der Waals surface area (Å²) in [4.78, 5) is 23.4. The third-order valence-electron chi connectivity index (χ3n) is 2.81. The summed E-state index contributed by atoms with van der Waals surface area (Å²) in [5.41, 5.74) is -0.398. The first-order valence-electron chi connectivity index (χ1n) is 6.51. The van der Waals surface area contributed by atoms with Crippen LogP contribution >= 0.6 is 0 Å². The number of aromatic nitrogens is 2. The zero-order valence-corrected chi connectivity index (χ0v) is 12.9. The molecule has 0 spiro atoms. The van der Waals surface area contributed by atoms with Gasteiger partial charge in [-0.3, -0.25) is 9.48 Å². The molecule has 20 heavy (non-hydrogen) atoms. The zero-order chi connectivity index (χ0) is 15.7. The number of hydrogen-bond donors (Lipinski definition) is 2. The van der Waals surface area contributed by atoms with Crippen molar-refractivity contribution in [1.29, 1.82) is 0 Å². The summed E-state index contributed by atoms with van der Waals surface area (Å²) < 4.78 is 1.28. The number of carbonyl (C=O) groups is 2. The Kier molecular flexibility index (Phi) is 4.27. The number of nitrogens with zero attached hydrogens (tertiary/aromatic N) is 2. The SMILES string of the molecule is Cn1ncc(C(=O)O)c1C(=O)NC(C)(C)CC(C)(C)C. The molecule has 0 atom stereocenters. The quantitative estimate of drug-likeness (QED) is 0.884. The van der Waals surface area contributed by atoms with Crippen molar-refractivity contribution in [3.63, 3.8) is 0 Å². The van der Waals surface area contributed by atoms with Crippen molar-refractivity contribution in [2.45, 2.75) is 46.6 Å². The van der Waals surface area contributed by atoms with Gasteiger partial charge in [0, 0.05) is 12.6 Å². The molecule has 2 N–H and O–H groups in total. The van der Waals surface area contributed by atoms with Gasteiger partial charge >= 0.3 is 5.97 Å². The molecular weight excluding hydrogens is 258 g/mol. The van der Waals surface area contributed by atoms with Gasteiger partial charge in [-0.2, -0.15) is 5.10 Å². The smallest absolute Gasteiger partial charge is 0.339 e. The molecule has 6 heteroatoms. The molecule has 1 rings (SSSR count). The Morgan fingerprint density at radius 3 is 2.30 bits per heavy atom. The Labute approximate surface area is 119 Å². The molecule has 0 aliphatic carbocycles. The van der Waals surface area contributed by atoms with Gasteiger partial charge in [-0.1, -0.05) is 20.8 Å². The summed E-state index contributed by atoms with van der Waals surface area (Å²) in [6, 6.07) is 0. The highest BCUT2D eigenvalue weighted by Crippen LogP contribution is 2.27. The number of aryl methyl sites for hydroxylation is 1. The van der Waals surface area contributed by atoms with Crippen LogP contribution in [-0.4, -0.2) is 32.3 Å². The fourth-order valence-corrected chi connectivity index (χ4v) is 2.60. The van der Waals surface area contributed by atoms with Gasteiger partial charge in [-0.15, -0.1) is 0 Å². The lowest BCUT2D eigenvalue weighted by Gasteiger charge is -2.33. The lowest BCUT2D eigenvalue weighted by molar-refractivity contribution is 0.0687. The van der Waals surface area contributed by atoms with Gasteiger partial charge in [0.2, 0.25) is 0 Å². The minimum absolute atomic E-state index is 0.0544. The second kappa shape index (κ2) is 5.26. The number of nitrogens with one attached hydrogen (secondary N) is 1. The van der Waals surface area contributed by atoms with Gasteiger partial charge in [0.15, 0.2) is 0 Å². The lowest BCUT2D eigenvalue weighted by atomic mass is 9.81. The molecule has 6 nitrogen and oxygen atoms in total. The highest BCUT2D eigenvalue weighted by atomic mass is 16.4. The highest BCUT2D eigenvalue weighted by Gasteiger charge is 2.30. The van der Waals surface area contributed by atoms with Crippen LogP contribution in [0.5, 0.6) is 0 Å². The first-order valence-corrected chi connectivity index (χ1v) is 6.51. The molecule has 1 aromatic heterocycles. The Bertz CT molecular complexity index is 524. The van der Waals surface area contributed by atoms with E-state index >= 15 is 0 Å². The normalized spacial score (nSPS) is 12.3. The first kappa shape index (κ1) is 16.2. The lowest BCUT2D eigenvalue weighted by Crippen LogP contribution is -2.46. The van der Waals surface area contributed by atoms with E-state index < -0.39 is 17.4 Å². The summed E-state index contributed by atoms with van der Waals surface area (Å²) >= 11 is 0. The van der Waals surface area contributed by atoms with Crippen molar-refractivity contribution >= 4 is 11.9 Å². The van der Waals surface area contributed by atoms with Crippen LogP contribution < -0.4 is 5.32 Å². The van der Waals surface area contributed by atoms with Crippen molar-refractivity contribution in [2.24, 2.45) is 12.5 Å². The maximum absolute atomic E-state index is 12.3. The van der Waals surface area contributed by atoms with Crippen molar-refractivity contribution in [3.05, 3.63) is 17.5 Å². The maximum atomic E-state index is 12.3. The van der Waals surface area contributed by atoms with Crippen LogP contribution in [0, 0.1) is 5.41 Å². The van der Waals surface area contributed by atoms with Gasteiger partial charge in [-0.25, -0.2) is 4.79 Å². The highest BCUT2D eigenvalue weighted by molar-refractivity contribution is 6.03. The molecule has 0 radical (unpaired) electrons. The Morgan fingerprint density at radius 2 is 1.85 bits per heavy atom. The van der Waals surface area contributed by atoms with Crippen molar-refractivity contribution in [2.75, 3.05) is 0 Å². The summed E-state index contributed by atoms with van der Waals surface area (Å²) in [5, 5.41) is 15.8. The number of rotatable bonds is 4. The number of amides is 1. The topological polar surface area (TPSA) is 84.2 Å². The molecule has 1 amide bonds. The van der Waals surface area contributed by atoms with E-state index in [9.17, 15) is 9.59 Å². The molecule has 0 saturated carbocycles. The molecule has 0 bridgehead atoms. The largest absolute Gasteiger partial charge is 0.478 e. The van der Waals surface area contributed by atoms with Gasteiger partial charge in [0.05, 0.1) is 6.20 Å². The van der Waals surface area contributed by atoms with Crippen LogP contribution in [0.1, 0.15) is 61.9 Å². The Hall–Kier alpha value is -1.85. The van der Waals surface area contributed by atoms with Crippen molar-refractivity contribution in [1.82, 2.24) is 15.1 Å². The van der Waals surface area contributed by atoms with Crippen LogP contribution in [0.25, 0.3) is 0 Å². The fraction of sp³-hybridized carbons (Fsp3) is 0.643. The Balaban J connectivity index is 2.97. The third kappa shape index (κ3) is 4.08. The molecule has 1 aromatic rings. The van der Waals surface area contributed by atoms with Gasteiger partial charge < -0.3 is 10.4 Å². The van der Waals surface area contributed by atoms with E-state index in [0.717, 1.165) is 6.42 Å².